The number of hydrogen-bond acceptors (Lipinski definition) is 3. The van der Waals surface area contributed by atoms with E-state index >= 15 is 0 Å². The molecule has 0 aromatic heterocycles. The predicted molar refractivity (Wildman–Crippen MR) is 68.6 cm³/mol. The SMILES string of the molecule is Cc1ccc([N+](=O)[O-])cc1C(=O)NCCCBr. The summed E-state index contributed by atoms with van der Waals surface area (Å²) in [7, 11) is 0. The number of hydrogen-bond donors (Lipinski definition) is 1. The molecule has 0 aliphatic rings. The van der Waals surface area contributed by atoms with Crippen LogP contribution in [-0.4, -0.2) is 22.7 Å². The maximum atomic E-state index is 11.8. The third-order valence-corrected chi connectivity index (χ3v) is 2.83. The Morgan fingerprint density at radius 2 is 2.24 bits per heavy atom. The van der Waals surface area contributed by atoms with Gasteiger partial charge in [-0.1, -0.05) is 22.0 Å². The van der Waals surface area contributed by atoms with Crippen LogP contribution in [0.2, 0.25) is 0 Å². The minimum absolute atomic E-state index is 0.0683. The Bertz CT molecular complexity index is 435. The molecule has 92 valence electrons. The predicted octanol–water partition coefficient (Wildman–Crippen LogP) is 2.42. The highest BCUT2D eigenvalue weighted by atomic mass is 79.9. The van der Waals surface area contributed by atoms with Crippen LogP contribution < -0.4 is 5.32 Å². The van der Waals surface area contributed by atoms with Crippen molar-refractivity contribution in [1.82, 2.24) is 5.32 Å². The third-order valence-electron chi connectivity index (χ3n) is 2.27. The van der Waals surface area contributed by atoms with Gasteiger partial charge >= 0.3 is 0 Å². The number of carbonyl (C=O) groups is 1. The highest BCUT2D eigenvalue weighted by Gasteiger charge is 2.13. The van der Waals surface area contributed by atoms with Gasteiger partial charge in [0, 0.05) is 29.6 Å². The van der Waals surface area contributed by atoms with Gasteiger partial charge in [-0.15, -0.1) is 0 Å². The van der Waals surface area contributed by atoms with Crippen molar-refractivity contribution in [3.63, 3.8) is 0 Å². The fourth-order valence-corrected chi connectivity index (χ4v) is 1.61. The lowest BCUT2D eigenvalue weighted by atomic mass is 10.1. The quantitative estimate of drug-likeness (QED) is 0.393. The van der Waals surface area contributed by atoms with E-state index in [0.717, 1.165) is 17.3 Å². The zero-order chi connectivity index (χ0) is 12.8. The van der Waals surface area contributed by atoms with Crippen LogP contribution in [-0.2, 0) is 0 Å². The zero-order valence-corrected chi connectivity index (χ0v) is 11.0. The van der Waals surface area contributed by atoms with E-state index in [0.29, 0.717) is 12.1 Å². The first-order chi connectivity index (χ1) is 8.06. The van der Waals surface area contributed by atoms with Gasteiger partial charge in [-0.05, 0) is 18.9 Å². The molecule has 17 heavy (non-hydrogen) atoms. The summed E-state index contributed by atoms with van der Waals surface area (Å²) in [5.74, 6) is -0.271. The summed E-state index contributed by atoms with van der Waals surface area (Å²) in [6.07, 6.45) is 0.819. The smallest absolute Gasteiger partial charge is 0.270 e. The molecule has 5 nitrogen and oxygen atoms in total. The number of amides is 1. The number of non-ortho nitro benzene ring substituents is 1. The first-order valence-corrected chi connectivity index (χ1v) is 6.27. The molecule has 1 rings (SSSR count). The van der Waals surface area contributed by atoms with Gasteiger partial charge in [-0.3, -0.25) is 14.9 Å². The van der Waals surface area contributed by atoms with Gasteiger partial charge in [0.15, 0.2) is 0 Å². The van der Waals surface area contributed by atoms with E-state index in [2.05, 4.69) is 21.2 Å². The Hall–Kier alpha value is -1.43. The van der Waals surface area contributed by atoms with E-state index < -0.39 is 4.92 Å². The summed E-state index contributed by atoms with van der Waals surface area (Å²) in [6, 6.07) is 4.28. The number of nitro benzene ring substituents is 1. The molecule has 0 aliphatic heterocycles. The molecule has 0 fully saturated rings. The molecule has 0 bridgehead atoms. The Labute approximate surface area is 107 Å². The molecule has 0 spiro atoms. The monoisotopic (exact) mass is 300 g/mol. The van der Waals surface area contributed by atoms with Crippen molar-refractivity contribution < 1.29 is 9.72 Å². The molecule has 1 amide bonds. The average molecular weight is 301 g/mol. The second-order valence-electron chi connectivity index (χ2n) is 3.55. The normalized spacial score (nSPS) is 10.0. The third kappa shape index (κ3) is 3.81. The van der Waals surface area contributed by atoms with Crippen LogP contribution in [0, 0.1) is 17.0 Å². The minimum atomic E-state index is -0.505. The van der Waals surface area contributed by atoms with Gasteiger partial charge in [0.05, 0.1) is 4.92 Å². The van der Waals surface area contributed by atoms with Gasteiger partial charge in [-0.25, -0.2) is 0 Å². The molecule has 0 radical (unpaired) electrons. The Morgan fingerprint density at radius 3 is 2.82 bits per heavy atom. The lowest BCUT2D eigenvalue weighted by Crippen LogP contribution is -2.25. The standard InChI is InChI=1S/C11H13BrN2O3/c1-8-3-4-9(14(16)17)7-10(8)11(15)13-6-2-5-12/h3-4,7H,2,5-6H2,1H3,(H,13,15). The van der Waals surface area contributed by atoms with Gasteiger partial charge in [0.25, 0.3) is 11.6 Å². The van der Waals surface area contributed by atoms with E-state index in [-0.39, 0.29) is 11.6 Å². The average Bonchev–Trinajstić information content (AvgIpc) is 2.29. The minimum Gasteiger partial charge on any atom is -0.352 e. The first kappa shape index (κ1) is 13.6. The summed E-state index contributed by atoms with van der Waals surface area (Å²) in [6.45, 7) is 2.30. The Morgan fingerprint density at radius 1 is 1.53 bits per heavy atom. The maximum absolute atomic E-state index is 11.8. The van der Waals surface area contributed by atoms with Gasteiger partial charge in [0.1, 0.15) is 0 Å². The van der Waals surface area contributed by atoms with E-state index in [1.54, 1.807) is 13.0 Å². The van der Waals surface area contributed by atoms with E-state index in [4.69, 9.17) is 0 Å². The van der Waals surface area contributed by atoms with Crippen LogP contribution >= 0.6 is 15.9 Å². The molecule has 1 aromatic carbocycles. The number of rotatable bonds is 5. The molecule has 0 atom stereocenters. The summed E-state index contributed by atoms with van der Waals surface area (Å²) in [4.78, 5) is 21.9. The second kappa shape index (κ2) is 6.34. The van der Waals surface area contributed by atoms with Crippen LogP contribution in [0.3, 0.4) is 0 Å². The van der Waals surface area contributed by atoms with Crippen molar-refractivity contribution in [3.8, 4) is 0 Å². The van der Waals surface area contributed by atoms with E-state index in [1.807, 2.05) is 0 Å². The fourth-order valence-electron chi connectivity index (χ4n) is 1.33. The van der Waals surface area contributed by atoms with Crippen LogP contribution in [0.15, 0.2) is 18.2 Å². The van der Waals surface area contributed by atoms with E-state index in [1.165, 1.54) is 12.1 Å². The molecular formula is C11H13BrN2O3. The summed E-state index contributed by atoms with van der Waals surface area (Å²) < 4.78 is 0. The Balaban J connectivity index is 2.84. The highest BCUT2D eigenvalue weighted by molar-refractivity contribution is 9.09. The van der Waals surface area contributed by atoms with Crippen molar-refractivity contribution in [2.45, 2.75) is 13.3 Å². The number of nitrogens with one attached hydrogen (secondary N) is 1. The van der Waals surface area contributed by atoms with Gasteiger partial charge < -0.3 is 5.32 Å². The maximum Gasteiger partial charge on any atom is 0.270 e. The fraction of sp³-hybridized carbons (Fsp3) is 0.364. The lowest BCUT2D eigenvalue weighted by molar-refractivity contribution is -0.384. The van der Waals surface area contributed by atoms with Crippen LogP contribution in [0.1, 0.15) is 22.3 Å². The Kier molecular flexibility index (Phi) is 5.09. The van der Waals surface area contributed by atoms with Crippen LogP contribution in [0.5, 0.6) is 0 Å². The van der Waals surface area contributed by atoms with Crippen molar-refractivity contribution in [2.24, 2.45) is 0 Å². The molecule has 1 N–H and O–H groups in total. The topological polar surface area (TPSA) is 72.2 Å². The first-order valence-electron chi connectivity index (χ1n) is 5.15. The van der Waals surface area contributed by atoms with Crippen molar-refractivity contribution in [1.29, 1.82) is 0 Å². The van der Waals surface area contributed by atoms with Crippen molar-refractivity contribution in [3.05, 3.63) is 39.4 Å². The molecule has 1 aromatic rings. The van der Waals surface area contributed by atoms with Gasteiger partial charge in [-0.2, -0.15) is 0 Å². The van der Waals surface area contributed by atoms with Gasteiger partial charge in [0.2, 0.25) is 0 Å². The summed E-state index contributed by atoms with van der Waals surface area (Å²) in [5.41, 5.74) is 1.02. The number of nitrogens with zero attached hydrogens (tertiary/aromatic N) is 1. The zero-order valence-electron chi connectivity index (χ0n) is 9.40. The lowest BCUT2D eigenvalue weighted by Gasteiger charge is -2.06. The van der Waals surface area contributed by atoms with Crippen molar-refractivity contribution >= 4 is 27.5 Å². The molecular weight excluding hydrogens is 288 g/mol. The number of carbonyl (C=O) groups excluding carboxylic acids is 1. The molecule has 6 heteroatoms. The molecule has 0 saturated heterocycles. The van der Waals surface area contributed by atoms with Crippen molar-refractivity contribution in [2.75, 3.05) is 11.9 Å². The molecule has 0 unspecified atom stereocenters. The number of halogens is 1. The number of aryl methyl sites for hydroxylation is 1. The number of nitro groups is 1. The van der Waals surface area contributed by atoms with E-state index in [9.17, 15) is 14.9 Å². The number of benzene rings is 1. The van der Waals surface area contributed by atoms with Crippen LogP contribution in [0.25, 0.3) is 0 Å². The van der Waals surface area contributed by atoms with Crippen LogP contribution in [0.4, 0.5) is 5.69 Å². The molecule has 0 heterocycles. The summed E-state index contributed by atoms with van der Waals surface area (Å²) >= 11 is 3.26. The largest absolute Gasteiger partial charge is 0.352 e. The molecule has 0 saturated carbocycles. The second-order valence-corrected chi connectivity index (χ2v) is 4.35. The number of alkyl halides is 1. The molecule has 0 aliphatic carbocycles. The summed E-state index contributed by atoms with van der Waals surface area (Å²) in [5, 5.41) is 14.1. The highest BCUT2D eigenvalue weighted by Crippen LogP contribution is 2.17.